The number of rotatable bonds is 24. The first kappa shape index (κ1) is 122. The Morgan fingerprint density at radius 3 is 0.820 bits per heavy atom. The van der Waals surface area contributed by atoms with Crippen molar-refractivity contribution in [2.75, 3.05) is 89.8 Å². The molecule has 12 bridgehead atoms. The van der Waals surface area contributed by atoms with Gasteiger partial charge in [0, 0.05) is 138 Å². The molecule has 23 heterocycles. The van der Waals surface area contributed by atoms with Crippen LogP contribution in [-0.4, -0.2) is 94.6 Å². The third kappa shape index (κ3) is 54.3. The summed E-state index contributed by atoms with van der Waals surface area (Å²) < 4.78 is 399. The number of para-hydroxylation sites is 4. The van der Waals surface area contributed by atoms with E-state index in [0.717, 1.165) is 49.8 Å². The Labute approximate surface area is 829 Å². The van der Waals surface area contributed by atoms with Crippen molar-refractivity contribution in [2.45, 2.75) is 39.3 Å². The summed E-state index contributed by atoms with van der Waals surface area (Å²) in [6, 6.07) is 87.5. The molecule has 0 spiro atoms. The van der Waals surface area contributed by atoms with Crippen molar-refractivity contribution in [1.82, 2.24) is 15.0 Å². The van der Waals surface area contributed by atoms with E-state index in [1.807, 2.05) is 6.20 Å². The zero-order valence-electron chi connectivity index (χ0n) is 78.1. The van der Waals surface area contributed by atoms with E-state index >= 15 is 0 Å². The first-order valence-electron chi connectivity index (χ1n) is 43.5. The van der Waals surface area contributed by atoms with Crippen LogP contribution in [0.15, 0.2) is 298 Å². The minimum atomic E-state index is -10.7. The van der Waals surface area contributed by atoms with E-state index in [1.54, 1.807) is 4.68 Å². The molecule has 0 fully saturated rings. The van der Waals surface area contributed by atoms with Crippen LogP contribution in [-0.2, 0) is 77.1 Å². The van der Waals surface area contributed by atoms with Crippen molar-refractivity contribution in [3.05, 3.63) is 326 Å². The van der Waals surface area contributed by atoms with Crippen LogP contribution in [0.5, 0.6) is 0 Å². The molecule has 58 heteroatoms. The minimum Gasteiger partial charge on any atom is -0.201 e. The zero-order valence-corrected chi connectivity index (χ0v) is 83.5. The van der Waals surface area contributed by atoms with Gasteiger partial charge in [0.1, 0.15) is 19.8 Å². The summed E-state index contributed by atoms with van der Waals surface area (Å²) in [7, 11) is -57.6. The van der Waals surface area contributed by atoms with Gasteiger partial charge in [-0.25, -0.2) is 23.0 Å². The maximum atomic E-state index is 9.87. The smallest absolute Gasteiger partial charge is 0.173 e. The number of halogens is 36. The Balaban J connectivity index is 0.000000252. The van der Waals surface area contributed by atoms with E-state index in [0.29, 0.717) is 79.2 Å². The second-order valence-electron chi connectivity index (χ2n) is 33.3. The molecule has 0 atom stereocenters. The summed E-state index contributed by atoms with van der Waals surface area (Å²) in [4.78, 5) is 2.22. The normalized spacial score (nSPS) is 15.1. The number of likely N-dealkylation sites (N-methyl/N-ethyl adjacent to an activating group) is 1. The molecule has 31 rings (SSSR count). The Hall–Kier alpha value is -11.7. The van der Waals surface area contributed by atoms with E-state index in [9.17, 15) is 151 Å². The van der Waals surface area contributed by atoms with Gasteiger partial charge in [-0.1, -0.05) is 127 Å². The predicted octanol–water partition coefficient (Wildman–Crippen LogP) is 33.7. The SMILES string of the molecule is CN(CCOCCOCCn1cc(COCCOCCOCCNc2ccc(-c3c4ccccc4[n+](C)c4ccccc34)cc2)nn1)c1ccc(-c2c3ccccc3[n+](C)c3ccccc23)cc1.F[P-](F)(F)(F)(F)F.F[P-](F)(F)(F)(F)F.F[P-](F)(F)(F)(F)F.F[P-](F)(F)(F)(F)F.F[P-](F)(F)(F)(F)F.F[P-](F)(F)(F)(F)F.c1cc2ccc1C[n+]1ccc(cc1)-c1cc[n+](cc1)Cc1ccc(cc1)C[n+]1ccc(cc1)-c1cc[n+](cc1)C2. The van der Waals surface area contributed by atoms with Crippen LogP contribution in [0, 0.1) is 0 Å². The number of nitrogens with one attached hydrogen (secondary N) is 1. The third-order valence-electron chi connectivity index (χ3n) is 20.2. The molecule has 0 radical (unpaired) electrons. The van der Waals surface area contributed by atoms with E-state index < -0.39 is 46.9 Å². The van der Waals surface area contributed by atoms with Crippen molar-refractivity contribution in [2.24, 2.45) is 14.1 Å². The molecule has 0 unspecified atom stereocenters. The van der Waals surface area contributed by atoms with Crippen LogP contribution < -0.4 is 37.6 Å². The molecule has 16 nitrogen and oxygen atoms in total. The molecule has 0 saturated heterocycles. The van der Waals surface area contributed by atoms with Crippen LogP contribution in [0.4, 0.5) is 162 Å². The average molecular weight is 2300 g/mol. The average Bonchev–Trinajstić information content (AvgIpc) is 1.08. The summed E-state index contributed by atoms with van der Waals surface area (Å²) in [5, 5.41) is 16.9. The van der Waals surface area contributed by atoms with Gasteiger partial charge in [0.2, 0.25) is 22.1 Å². The summed E-state index contributed by atoms with van der Waals surface area (Å²) >= 11 is 0. The first-order valence-corrected chi connectivity index (χ1v) is 55.7. The topological polar surface area (TPSA) is 115 Å². The van der Waals surface area contributed by atoms with E-state index in [2.05, 4.69) is 361 Å². The van der Waals surface area contributed by atoms with Crippen molar-refractivity contribution in [3.8, 4) is 44.5 Å². The fourth-order valence-electron chi connectivity index (χ4n) is 14.3. The molecule has 1 N–H and O–H groups in total. The summed E-state index contributed by atoms with van der Waals surface area (Å²) in [6.45, 7) is 10.6. The van der Waals surface area contributed by atoms with E-state index in [1.165, 1.54) is 110 Å². The van der Waals surface area contributed by atoms with Gasteiger partial charge in [-0.3, -0.25) is 0 Å². The van der Waals surface area contributed by atoms with Gasteiger partial charge in [0.25, 0.3) is 0 Å². The molecular weight excluding hydrogens is 2210 g/mol. The molecule has 16 aliphatic heterocycles. The molecule has 16 aliphatic rings. The number of hydrogen-bond donors (Lipinski definition) is 1. The van der Waals surface area contributed by atoms with Crippen LogP contribution in [0.25, 0.3) is 88.1 Å². The monoisotopic (exact) mass is 2300 g/mol. The Morgan fingerprint density at radius 1 is 0.287 bits per heavy atom. The number of nitrogens with zero attached hydrogens (tertiary/aromatic N) is 10. The van der Waals surface area contributed by atoms with Crippen LogP contribution in [0.1, 0.15) is 27.9 Å². The molecule has 15 aromatic rings. The standard InChI is InChI=1S/C56H60N7O5.C36H32N4.6F6P/c1-60(46-26-22-43(23-27-46)56-49-14-6-10-18-53(49)62(3)54-19-11-7-15-50(54)56)29-32-65-35-36-66-33-30-63-40-45(58-59-63)41-68-39-38-67-37-34-64-31-28-57-44-24-20-42(21-25-44)55-47-12-4-8-16-51(47)61(2)52-17-9-5-13-48(52)55;1-2-30-4-3-29(1)25-37-17-9-33(10-18-37)35-13-21-39(22-14-35)27-31-5-7-32(8-6-31)28-40-23-15-36(16-24-40)34-11-19-38(26-30)20-12-34;6*1-7(2,3,4,5)6/h4-27,40H,28-39,41H2,1-3H3;1-24H,25-28H2;;;;;;/q+1;+4;6*-1/p+1. The number of ether oxygens (including phenoxy) is 5. The number of anilines is 2. The third-order valence-corrected chi connectivity index (χ3v) is 20.2. The number of benzene rings is 8. The quantitative estimate of drug-likeness (QED) is 0.0208. The van der Waals surface area contributed by atoms with Gasteiger partial charge in [-0.05, 0) is 81.9 Å². The van der Waals surface area contributed by atoms with Gasteiger partial charge < -0.3 is 33.9 Å². The molecule has 0 amide bonds. The van der Waals surface area contributed by atoms with E-state index in [4.69, 9.17) is 23.7 Å². The molecule has 8 aromatic carbocycles. The molecular formula is C92H93F36N11O5P6. The minimum absolute atomic E-state index is 0.372. The number of hydrogen-bond acceptors (Lipinski definition) is 9. The number of pyridine rings is 6. The van der Waals surface area contributed by atoms with E-state index in [-0.39, 0.29) is 0 Å². The number of aromatic nitrogens is 9. The Bertz CT molecular complexity index is 6450. The van der Waals surface area contributed by atoms with Gasteiger partial charge in [0.05, 0.1) is 100 Å². The Kier molecular flexibility index (Phi) is 34.4. The summed E-state index contributed by atoms with van der Waals surface area (Å²) in [5.74, 6) is 0. The largest absolute Gasteiger partial charge is 0.201 e. The maximum Gasteiger partial charge on any atom is 0.173 e. The maximum absolute atomic E-state index is 10.7. The molecule has 150 heavy (non-hydrogen) atoms. The van der Waals surface area contributed by atoms with Crippen molar-refractivity contribution >= 4 is 102 Å². The Morgan fingerprint density at radius 2 is 0.533 bits per heavy atom. The second-order valence-corrected chi connectivity index (χ2v) is 44.8. The fourth-order valence-corrected chi connectivity index (χ4v) is 14.3. The van der Waals surface area contributed by atoms with Gasteiger partial charge >= 0.3 is 198 Å². The van der Waals surface area contributed by atoms with Crippen LogP contribution >= 0.6 is 46.9 Å². The zero-order chi connectivity index (χ0) is 112. The number of aryl methyl sites for hydroxylation is 2. The first-order chi connectivity index (χ1) is 68.0. The summed E-state index contributed by atoms with van der Waals surface area (Å²) in [6.07, 6.45) is 19.2. The van der Waals surface area contributed by atoms with Crippen LogP contribution in [0.2, 0.25) is 0 Å². The van der Waals surface area contributed by atoms with Gasteiger partial charge in [0.15, 0.2) is 75.8 Å². The molecule has 0 saturated carbocycles. The number of fused-ring (bicyclic) bond motifs is 4. The van der Waals surface area contributed by atoms with Crippen LogP contribution in [0.3, 0.4) is 0 Å². The van der Waals surface area contributed by atoms with Crippen molar-refractivity contribution in [3.63, 3.8) is 0 Å². The summed E-state index contributed by atoms with van der Waals surface area (Å²) in [5.41, 5.74) is 22.9. The van der Waals surface area contributed by atoms with Gasteiger partial charge in [-0.15, -0.1) is 5.10 Å². The predicted molar refractivity (Wildman–Crippen MR) is 506 cm³/mol. The molecule has 7 aromatic heterocycles. The fraction of sp³-hybridized carbons (Fsp3) is 0.217. The van der Waals surface area contributed by atoms with Crippen molar-refractivity contribution in [1.29, 1.82) is 0 Å². The second kappa shape index (κ2) is 42.4. The molecule has 828 valence electrons. The van der Waals surface area contributed by atoms with Crippen molar-refractivity contribution < 1.29 is 202 Å². The molecule has 0 aliphatic carbocycles. The van der Waals surface area contributed by atoms with Gasteiger partial charge in [-0.2, -0.15) is 9.13 Å².